The maximum absolute atomic E-state index is 12.6. The van der Waals surface area contributed by atoms with E-state index in [4.69, 9.17) is 4.98 Å². The molecule has 1 aliphatic heterocycles. The van der Waals surface area contributed by atoms with E-state index < -0.39 is 0 Å². The molecule has 1 fully saturated rings. The number of aromatic nitrogens is 5. The van der Waals surface area contributed by atoms with Crippen molar-refractivity contribution in [2.45, 2.75) is 13.5 Å². The third-order valence-electron chi connectivity index (χ3n) is 5.15. The number of benzene rings is 1. The van der Waals surface area contributed by atoms with Gasteiger partial charge in [0, 0.05) is 32.4 Å². The third kappa shape index (κ3) is 3.49. The number of aryl methyl sites for hydroxylation is 1. The number of thiazole rings is 1. The molecule has 0 aliphatic carbocycles. The van der Waals surface area contributed by atoms with Gasteiger partial charge in [-0.2, -0.15) is 5.10 Å². The molecule has 0 spiro atoms. The summed E-state index contributed by atoms with van der Waals surface area (Å²) in [6, 6.07) is 9.90. The highest BCUT2D eigenvalue weighted by Gasteiger charge is 2.25. The summed E-state index contributed by atoms with van der Waals surface area (Å²) < 4.78 is 1.70. The Hall–Kier alpha value is -3.20. The number of imidazole rings is 1. The molecule has 0 saturated carbocycles. The predicted octanol–water partition coefficient (Wildman–Crippen LogP) is 2.54. The fraction of sp³-hybridized carbons (Fsp3) is 0.300. The minimum atomic E-state index is 0.106. The van der Waals surface area contributed by atoms with Gasteiger partial charge in [0.05, 0.1) is 22.2 Å². The van der Waals surface area contributed by atoms with E-state index in [9.17, 15) is 4.79 Å². The molecule has 29 heavy (non-hydrogen) atoms. The Morgan fingerprint density at radius 1 is 1.17 bits per heavy atom. The van der Waals surface area contributed by atoms with Gasteiger partial charge in [0.2, 0.25) is 5.91 Å². The Morgan fingerprint density at radius 2 is 2.00 bits per heavy atom. The van der Waals surface area contributed by atoms with Crippen LogP contribution in [0.4, 0.5) is 5.00 Å². The van der Waals surface area contributed by atoms with Crippen molar-refractivity contribution < 1.29 is 4.79 Å². The average Bonchev–Trinajstić information content (AvgIpc) is 3.47. The van der Waals surface area contributed by atoms with Crippen LogP contribution in [0.2, 0.25) is 0 Å². The van der Waals surface area contributed by atoms with Crippen molar-refractivity contribution >= 4 is 33.3 Å². The smallest absolute Gasteiger partial charge is 0.244 e. The number of anilines is 1. The van der Waals surface area contributed by atoms with Crippen LogP contribution in [0.1, 0.15) is 5.69 Å². The van der Waals surface area contributed by atoms with Gasteiger partial charge < -0.3 is 14.8 Å². The number of aromatic amines is 1. The summed E-state index contributed by atoms with van der Waals surface area (Å²) in [6.45, 7) is 5.15. The predicted molar refractivity (Wildman–Crippen MR) is 113 cm³/mol. The second-order valence-corrected chi connectivity index (χ2v) is 7.96. The lowest BCUT2D eigenvalue weighted by molar-refractivity contribution is -0.132. The number of amides is 1. The quantitative estimate of drug-likeness (QED) is 0.562. The van der Waals surface area contributed by atoms with Gasteiger partial charge >= 0.3 is 0 Å². The first-order valence-electron chi connectivity index (χ1n) is 9.59. The Kier molecular flexibility index (Phi) is 4.51. The Bertz CT molecular complexity index is 1120. The largest absolute Gasteiger partial charge is 0.358 e. The van der Waals surface area contributed by atoms with E-state index in [-0.39, 0.29) is 5.91 Å². The van der Waals surface area contributed by atoms with E-state index in [0.717, 1.165) is 46.3 Å². The molecule has 8 nitrogen and oxygen atoms in total. The molecule has 0 atom stereocenters. The highest BCUT2D eigenvalue weighted by molar-refractivity contribution is 7.14. The molecule has 0 bridgehead atoms. The standard InChI is InChI=1S/C20H21N7OS/c1-14-6-7-27(24-14)12-17(28)25-8-10-26(11-9-25)20-18(21-13-29-20)19-22-15-4-2-3-5-16(15)23-19/h2-7,13H,8-12H2,1H3,(H,22,23). The first-order chi connectivity index (χ1) is 14.2. The van der Waals surface area contributed by atoms with Gasteiger partial charge in [0.25, 0.3) is 0 Å². The number of hydrogen-bond donors (Lipinski definition) is 1. The molecule has 4 aromatic rings. The summed E-state index contributed by atoms with van der Waals surface area (Å²) in [7, 11) is 0. The van der Waals surface area contributed by atoms with E-state index in [1.807, 2.05) is 53.9 Å². The number of para-hydroxylation sites is 2. The monoisotopic (exact) mass is 407 g/mol. The average molecular weight is 408 g/mol. The zero-order valence-electron chi connectivity index (χ0n) is 16.1. The van der Waals surface area contributed by atoms with Gasteiger partial charge in [-0.15, -0.1) is 11.3 Å². The van der Waals surface area contributed by atoms with Crippen LogP contribution < -0.4 is 4.90 Å². The van der Waals surface area contributed by atoms with Crippen LogP contribution in [0, 0.1) is 6.92 Å². The molecule has 1 saturated heterocycles. The number of hydrogen-bond acceptors (Lipinski definition) is 6. The molecular weight excluding hydrogens is 386 g/mol. The van der Waals surface area contributed by atoms with Crippen molar-refractivity contribution in [1.82, 2.24) is 29.6 Å². The number of carbonyl (C=O) groups is 1. The lowest BCUT2D eigenvalue weighted by Crippen LogP contribution is -2.49. The normalized spacial score (nSPS) is 14.7. The first kappa shape index (κ1) is 17.9. The van der Waals surface area contributed by atoms with Crippen molar-refractivity contribution in [1.29, 1.82) is 0 Å². The van der Waals surface area contributed by atoms with E-state index in [2.05, 4.69) is 20.0 Å². The summed E-state index contributed by atoms with van der Waals surface area (Å²) in [6.07, 6.45) is 1.85. The van der Waals surface area contributed by atoms with Gasteiger partial charge in [0.15, 0.2) is 5.82 Å². The number of fused-ring (bicyclic) bond motifs is 1. The molecule has 1 amide bonds. The minimum absolute atomic E-state index is 0.106. The SMILES string of the molecule is Cc1ccn(CC(=O)N2CCN(c3scnc3-c3nc4ccccc4[nH]3)CC2)n1. The van der Waals surface area contributed by atoms with Crippen molar-refractivity contribution in [3.8, 4) is 11.5 Å². The van der Waals surface area contributed by atoms with E-state index in [1.165, 1.54) is 0 Å². The maximum atomic E-state index is 12.6. The van der Waals surface area contributed by atoms with Gasteiger partial charge in [-0.3, -0.25) is 9.48 Å². The summed E-state index contributed by atoms with van der Waals surface area (Å²) in [5, 5.41) is 5.40. The summed E-state index contributed by atoms with van der Waals surface area (Å²) in [5.41, 5.74) is 5.59. The number of rotatable bonds is 4. The zero-order valence-corrected chi connectivity index (χ0v) is 16.9. The Labute approximate surface area is 171 Å². The molecule has 0 radical (unpaired) electrons. The summed E-state index contributed by atoms with van der Waals surface area (Å²) in [4.78, 5) is 29.4. The van der Waals surface area contributed by atoms with Crippen molar-refractivity contribution in [3.63, 3.8) is 0 Å². The zero-order chi connectivity index (χ0) is 19.8. The highest BCUT2D eigenvalue weighted by Crippen LogP contribution is 2.33. The van der Waals surface area contributed by atoms with E-state index >= 15 is 0 Å². The van der Waals surface area contributed by atoms with Crippen LogP contribution in [0.5, 0.6) is 0 Å². The molecule has 0 unspecified atom stereocenters. The number of carbonyl (C=O) groups excluding carboxylic acids is 1. The molecule has 4 heterocycles. The van der Waals surface area contributed by atoms with Crippen molar-refractivity contribution in [2.75, 3.05) is 31.1 Å². The molecule has 5 rings (SSSR count). The highest BCUT2D eigenvalue weighted by atomic mass is 32.1. The summed E-state index contributed by atoms with van der Waals surface area (Å²) in [5.74, 6) is 0.893. The Balaban J connectivity index is 1.28. The van der Waals surface area contributed by atoms with Crippen LogP contribution in [-0.4, -0.2) is 61.7 Å². The number of nitrogens with one attached hydrogen (secondary N) is 1. The van der Waals surface area contributed by atoms with E-state index in [0.29, 0.717) is 19.6 Å². The topological polar surface area (TPSA) is 82.9 Å². The van der Waals surface area contributed by atoms with Crippen LogP contribution in [0.3, 0.4) is 0 Å². The molecule has 1 aliphatic rings. The van der Waals surface area contributed by atoms with E-state index in [1.54, 1.807) is 16.0 Å². The molecule has 1 aromatic carbocycles. The number of piperazine rings is 1. The fourth-order valence-electron chi connectivity index (χ4n) is 3.64. The van der Waals surface area contributed by atoms with Gasteiger partial charge in [-0.05, 0) is 25.1 Å². The van der Waals surface area contributed by atoms with Crippen LogP contribution in [-0.2, 0) is 11.3 Å². The third-order valence-corrected chi connectivity index (χ3v) is 6.04. The minimum Gasteiger partial charge on any atom is -0.358 e. The Morgan fingerprint density at radius 3 is 2.76 bits per heavy atom. The second kappa shape index (κ2) is 7.32. The molecular formula is C20H21N7OS. The molecule has 9 heteroatoms. The fourth-order valence-corrected chi connectivity index (χ4v) is 4.49. The van der Waals surface area contributed by atoms with Gasteiger partial charge in [-0.1, -0.05) is 12.1 Å². The maximum Gasteiger partial charge on any atom is 0.244 e. The molecule has 148 valence electrons. The number of nitrogens with zero attached hydrogens (tertiary/aromatic N) is 6. The van der Waals surface area contributed by atoms with Gasteiger partial charge in [0.1, 0.15) is 17.2 Å². The van der Waals surface area contributed by atoms with Crippen molar-refractivity contribution in [3.05, 3.63) is 47.7 Å². The second-order valence-electron chi connectivity index (χ2n) is 7.13. The van der Waals surface area contributed by atoms with Crippen molar-refractivity contribution in [2.24, 2.45) is 0 Å². The van der Waals surface area contributed by atoms with Crippen LogP contribution in [0.15, 0.2) is 42.0 Å². The van der Waals surface area contributed by atoms with Gasteiger partial charge in [-0.25, -0.2) is 9.97 Å². The number of H-pyrrole nitrogens is 1. The van der Waals surface area contributed by atoms with Crippen LogP contribution in [0.25, 0.3) is 22.6 Å². The lowest BCUT2D eigenvalue weighted by Gasteiger charge is -2.35. The first-order valence-corrected chi connectivity index (χ1v) is 10.5. The summed E-state index contributed by atoms with van der Waals surface area (Å²) >= 11 is 1.61. The van der Waals surface area contributed by atoms with Crippen LogP contribution >= 0.6 is 11.3 Å². The molecule has 3 aromatic heterocycles. The lowest BCUT2D eigenvalue weighted by atomic mass is 10.3. The molecule has 1 N–H and O–H groups in total.